The second-order valence-electron chi connectivity index (χ2n) is 8.57. The van der Waals surface area contributed by atoms with E-state index in [1.165, 1.54) is 0 Å². The van der Waals surface area contributed by atoms with Crippen LogP contribution in [0.1, 0.15) is 29.8 Å². The lowest BCUT2D eigenvalue weighted by atomic mass is 10.00. The average Bonchev–Trinajstić information content (AvgIpc) is 3.53. The van der Waals surface area contributed by atoms with Crippen LogP contribution in [-0.2, 0) is 0 Å². The van der Waals surface area contributed by atoms with Crippen molar-refractivity contribution in [1.29, 1.82) is 5.41 Å². The highest BCUT2D eigenvalue weighted by Crippen LogP contribution is 2.37. The van der Waals surface area contributed by atoms with E-state index in [9.17, 15) is 0 Å². The minimum absolute atomic E-state index is 0.266. The normalized spacial score (nSPS) is 14.9. The molecule has 0 aliphatic carbocycles. The van der Waals surface area contributed by atoms with Crippen molar-refractivity contribution in [1.82, 2.24) is 4.98 Å². The number of benzene rings is 4. The van der Waals surface area contributed by atoms with Crippen LogP contribution in [0.3, 0.4) is 0 Å². The van der Waals surface area contributed by atoms with Crippen molar-refractivity contribution in [2.24, 2.45) is 0 Å². The molecule has 170 valence electrons. The predicted molar refractivity (Wildman–Crippen MR) is 140 cm³/mol. The van der Waals surface area contributed by atoms with E-state index in [1.807, 2.05) is 110 Å². The first kappa shape index (κ1) is 20.9. The summed E-state index contributed by atoms with van der Waals surface area (Å²) in [6, 6.07) is 31.6. The Morgan fingerprint density at radius 3 is 2.57 bits per heavy atom. The molecule has 1 aliphatic heterocycles. The molecule has 1 unspecified atom stereocenters. The number of oxazole rings is 1. The molecule has 0 saturated carbocycles. The van der Waals surface area contributed by atoms with Crippen LogP contribution in [0.5, 0.6) is 5.75 Å². The van der Waals surface area contributed by atoms with Crippen molar-refractivity contribution in [3.63, 3.8) is 0 Å². The van der Waals surface area contributed by atoms with Crippen molar-refractivity contribution >= 4 is 28.1 Å². The van der Waals surface area contributed by atoms with Crippen LogP contribution in [0, 0.1) is 5.41 Å². The Morgan fingerprint density at radius 1 is 0.886 bits per heavy atom. The largest absolute Gasteiger partial charge is 0.464 e. The molecule has 5 heteroatoms. The zero-order valence-corrected chi connectivity index (χ0v) is 19.2. The maximum Gasteiger partial charge on any atom is 0.227 e. The van der Waals surface area contributed by atoms with E-state index in [4.69, 9.17) is 14.6 Å². The Balaban J connectivity index is 1.24. The van der Waals surface area contributed by atoms with E-state index in [2.05, 4.69) is 10.3 Å². The molecule has 5 aromatic rings. The lowest BCUT2D eigenvalue weighted by molar-refractivity contribution is 0.260. The summed E-state index contributed by atoms with van der Waals surface area (Å²) in [5.74, 6) is 1.43. The number of ether oxygens (including phenoxy) is 1. The number of rotatable bonds is 5. The summed E-state index contributed by atoms with van der Waals surface area (Å²) in [5.41, 5.74) is 7.74. The number of anilines is 1. The summed E-state index contributed by atoms with van der Waals surface area (Å²) in [7, 11) is 0. The van der Waals surface area contributed by atoms with Gasteiger partial charge in [-0.3, -0.25) is 0 Å². The monoisotopic (exact) mass is 457 g/mol. The number of allylic oxidation sites excluding steroid dienone is 2. The predicted octanol–water partition coefficient (Wildman–Crippen LogP) is 7.47. The topological polar surface area (TPSA) is 71.1 Å². The van der Waals surface area contributed by atoms with Crippen molar-refractivity contribution < 1.29 is 9.15 Å². The van der Waals surface area contributed by atoms with E-state index in [-0.39, 0.29) is 6.23 Å². The molecule has 0 spiro atoms. The van der Waals surface area contributed by atoms with Gasteiger partial charge in [-0.05, 0) is 72.2 Å². The van der Waals surface area contributed by atoms with Crippen molar-refractivity contribution in [3.8, 4) is 17.2 Å². The molecule has 1 aromatic heterocycles. The molecular formula is C30H23N3O2. The molecule has 0 saturated heterocycles. The summed E-state index contributed by atoms with van der Waals surface area (Å²) in [6.45, 7) is 2.02. The summed E-state index contributed by atoms with van der Waals surface area (Å²) in [6.07, 6.45) is 1.63. The maximum absolute atomic E-state index is 8.73. The van der Waals surface area contributed by atoms with Crippen molar-refractivity contribution in [3.05, 3.63) is 120 Å². The van der Waals surface area contributed by atoms with Gasteiger partial charge in [0.2, 0.25) is 5.89 Å². The maximum atomic E-state index is 8.73. The lowest BCUT2D eigenvalue weighted by Crippen LogP contribution is -2.11. The summed E-state index contributed by atoms with van der Waals surface area (Å²) >= 11 is 0. The molecule has 0 radical (unpaired) electrons. The van der Waals surface area contributed by atoms with Crippen LogP contribution in [0.4, 0.5) is 5.69 Å². The number of para-hydroxylation sites is 4. The number of aromatic nitrogens is 1. The van der Waals surface area contributed by atoms with Crippen LogP contribution >= 0.6 is 0 Å². The van der Waals surface area contributed by atoms with Gasteiger partial charge in [0.05, 0.1) is 11.4 Å². The smallest absolute Gasteiger partial charge is 0.227 e. The van der Waals surface area contributed by atoms with Gasteiger partial charge in [0.1, 0.15) is 11.3 Å². The van der Waals surface area contributed by atoms with Crippen LogP contribution in [0.25, 0.3) is 28.1 Å². The summed E-state index contributed by atoms with van der Waals surface area (Å²) in [5, 5.41) is 12.1. The Kier molecular flexibility index (Phi) is 5.15. The van der Waals surface area contributed by atoms with Crippen LogP contribution in [-0.4, -0.2) is 10.7 Å². The number of nitrogens with zero attached hydrogens (tertiary/aromatic N) is 1. The van der Waals surface area contributed by atoms with Crippen molar-refractivity contribution in [2.45, 2.75) is 13.2 Å². The number of hydrogen-bond acceptors (Lipinski definition) is 5. The van der Waals surface area contributed by atoms with Gasteiger partial charge in [-0.15, -0.1) is 0 Å². The third kappa shape index (κ3) is 4.08. The quantitative estimate of drug-likeness (QED) is 0.269. The van der Waals surface area contributed by atoms with Gasteiger partial charge in [0.15, 0.2) is 11.8 Å². The second kappa shape index (κ2) is 8.61. The first-order valence-electron chi connectivity index (χ1n) is 11.5. The molecule has 5 nitrogen and oxygen atoms in total. The van der Waals surface area contributed by atoms with E-state index in [0.717, 1.165) is 50.4 Å². The highest BCUT2D eigenvalue weighted by atomic mass is 16.5. The zero-order valence-electron chi connectivity index (χ0n) is 19.2. The SMILES string of the molecule is CC(=CC(=N)c1cccc(C2Nc3ccccc3O2)c1)c1cccc(-c2nc3ccccc3o2)c1. The highest BCUT2D eigenvalue weighted by molar-refractivity contribution is 6.10. The first-order valence-corrected chi connectivity index (χ1v) is 11.5. The van der Waals surface area contributed by atoms with E-state index in [0.29, 0.717) is 11.6 Å². The molecule has 0 amide bonds. The van der Waals surface area contributed by atoms with E-state index >= 15 is 0 Å². The Morgan fingerprint density at radius 2 is 1.69 bits per heavy atom. The van der Waals surface area contributed by atoms with E-state index < -0.39 is 0 Å². The van der Waals surface area contributed by atoms with E-state index in [1.54, 1.807) is 0 Å². The minimum atomic E-state index is -0.266. The van der Waals surface area contributed by atoms with Gasteiger partial charge in [-0.1, -0.05) is 54.6 Å². The Bertz CT molecular complexity index is 1540. The van der Waals surface area contributed by atoms with Gasteiger partial charge in [0.25, 0.3) is 0 Å². The van der Waals surface area contributed by atoms with Crippen LogP contribution in [0.15, 0.2) is 108 Å². The molecule has 1 atom stereocenters. The fourth-order valence-electron chi connectivity index (χ4n) is 4.28. The molecule has 2 heterocycles. The molecule has 0 fully saturated rings. The van der Waals surface area contributed by atoms with Crippen LogP contribution < -0.4 is 10.1 Å². The molecule has 2 N–H and O–H groups in total. The number of hydrogen-bond donors (Lipinski definition) is 2. The Labute approximate surface area is 203 Å². The molecule has 1 aliphatic rings. The van der Waals surface area contributed by atoms with Gasteiger partial charge in [0, 0.05) is 11.1 Å². The minimum Gasteiger partial charge on any atom is -0.464 e. The van der Waals surface area contributed by atoms with Gasteiger partial charge >= 0.3 is 0 Å². The molecule has 35 heavy (non-hydrogen) atoms. The zero-order chi connectivity index (χ0) is 23.8. The summed E-state index contributed by atoms with van der Waals surface area (Å²) < 4.78 is 12.0. The fraction of sp³-hybridized carbons (Fsp3) is 0.0667. The molecule has 4 aromatic carbocycles. The number of nitrogens with one attached hydrogen (secondary N) is 2. The van der Waals surface area contributed by atoms with Gasteiger partial charge in [-0.2, -0.15) is 0 Å². The first-order chi connectivity index (χ1) is 17.1. The molecule has 0 bridgehead atoms. The third-order valence-electron chi connectivity index (χ3n) is 6.14. The lowest BCUT2D eigenvalue weighted by Gasteiger charge is -2.13. The second-order valence-corrected chi connectivity index (χ2v) is 8.57. The standard InChI is InChI=1S/C30H23N3O2/c1-19(20-8-6-10-22(17-20)29-32-25-12-2-4-14-27(25)34-29)16-24(31)21-9-7-11-23(18-21)30-33-26-13-3-5-15-28(26)35-30/h2-18,30-31,33H,1H3. The van der Waals surface area contributed by atoms with Gasteiger partial charge in [-0.25, -0.2) is 4.98 Å². The molecule has 6 rings (SSSR count). The molecular weight excluding hydrogens is 434 g/mol. The highest BCUT2D eigenvalue weighted by Gasteiger charge is 2.23. The van der Waals surface area contributed by atoms with Crippen molar-refractivity contribution in [2.75, 3.05) is 5.32 Å². The Hall–Kier alpha value is -4.64. The van der Waals surface area contributed by atoms with Crippen LogP contribution in [0.2, 0.25) is 0 Å². The third-order valence-corrected chi connectivity index (χ3v) is 6.14. The fourth-order valence-corrected chi connectivity index (χ4v) is 4.28. The average molecular weight is 458 g/mol. The number of fused-ring (bicyclic) bond motifs is 2. The summed E-state index contributed by atoms with van der Waals surface area (Å²) in [4.78, 5) is 4.61. The van der Waals surface area contributed by atoms with Gasteiger partial charge < -0.3 is 19.9 Å².